The van der Waals surface area contributed by atoms with Gasteiger partial charge in [0, 0.05) is 12.8 Å². The summed E-state index contributed by atoms with van der Waals surface area (Å²) in [5.41, 5.74) is 0. The predicted molar refractivity (Wildman–Crippen MR) is 249 cm³/mol. The van der Waals surface area contributed by atoms with Crippen LogP contribution in [0.25, 0.3) is 0 Å². The number of carbonyl (C=O) groups excluding carboxylic acids is 2. The number of esters is 2. The molecular formula is C49H83O13P. The summed E-state index contributed by atoms with van der Waals surface area (Å²) >= 11 is 0. The van der Waals surface area contributed by atoms with Crippen LogP contribution >= 0.6 is 7.82 Å². The first-order valence-electron chi connectivity index (χ1n) is 23.8. The van der Waals surface area contributed by atoms with Crippen LogP contribution in [0.4, 0.5) is 0 Å². The van der Waals surface area contributed by atoms with Gasteiger partial charge in [-0.2, -0.15) is 0 Å². The molecule has 362 valence electrons. The van der Waals surface area contributed by atoms with Crippen LogP contribution in [0.3, 0.4) is 0 Å². The Labute approximate surface area is 378 Å². The Bertz CT molecular complexity index is 1380. The normalized spacial score (nSPS) is 22.3. The molecule has 0 aromatic heterocycles. The van der Waals surface area contributed by atoms with Crippen LogP contribution in [0.1, 0.15) is 168 Å². The summed E-state index contributed by atoms with van der Waals surface area (Å²) in [6, 6.07) is 0. The number of aliphatic hydroxyl groups excluding tert-OH is 5. The summed E-state index contributed by atoms with van der Waals surface area (Å²) < 4.78 is 33.5. The van der Waals surface area contributed by atoms with Gasteiger partial charge in [-0.1, -0.05) is 164 Å². The van der Waals surface area contributed by atoms with E-state index in [0.717, 1.165) is 89.9 Å². The molecule has 0 bridgehead atoms. The molecule has 0 amide bonds. The van der Waals surface area contributed by atoms with Gasteiger partial charge in [-0.05, 0) is 64.2 Å². The molecule has 1 aliphatic carbocycles. The van der Waals surface area contributed by atoms with E-state index in [1.165, 1.54) is 38.5 Å². The number of unbranched alkanes of at least 4 members (excludes halogenated alkanes) is 16. The molecule has 1 rings (SSSR count). The standard InChI is InChI=1S/C49H83O13P/c1-3-5-7-9-11-13-15-17-18-19-20-21-22-23-24-26-27-29-31-33-35-37-42(50)59-39-41(40-60-63(57,58)62-49-47(55)45(53)44(52)46(54)48(49)56)61-43(51)38-36-34-32-30-28-25-16-14-12-10-8-6-4-2/h5-8,10-14,16-18,41,44-49,52-56H,3-4,9,15,19-40H2,1-2H3,(H,57,58)/b7-5+,8-6+,12-10+,13-11+,16-14+,18-17+/t41?,44?,45-,46?,47?,48?,49?/m0/s1. The molecule has 1 saturated carbocycles. The van der Waals surface area contributed by atoms with Gasteiger partial charge in [0.05, 0.1) is 6.61 Å². The Morgan fingerprint density at radius 1 is 0.508 bits per heavy atom. The second-order valence-corrected chi connectivity index (χ2v) is 17.7. The van der Waals surface area contributed by atoms with Crippen molar-refractivity contribution in [2.24, 2.45) is 0 Å². The lowest BCUT2D eigenvalue weighted by molar-refractivity contribution is -0.220. The first-order valence-corrected chi connectivity index (χ1v) is 25.3. The molecule has 0 aromatic rings. The van der Waals surface area contributed by atoms with Crippen molar-refractivity contribution in [1.29, 1.82) is 0 Å². The number of phosphoric acid groups is 1. The molecule has 7 unspecified atom stereocenters. The Morgan fingerprint density at radius 3 is 1.48 bits per heavy atom. The quantitative estimate of drug-likeness (QED) is 0.0112. The highest BCUT2D eigenvalue weighted by molar-refractivity contribution is 7.47. The monoisotopic (exact) mass is 911 g/mol. The first kappa shape index (κ1) is 58.3. The summed E-state index contributed by atoms with van der Waals surface area (Å²) in [6.45, 7) is 3.03. The number of allylic oxidation sites excluding steroid dienone is 12. The third-order valence-corrected chi connectivity index (χ3v) is 11.6. The SMILES string of the molecule is CC/C=C/C=C/C=C/CCCCCCCC(=O)OC(COC(=O)CCCCCCCCCCCCC/C=C/C/C=C/C/C=C/CC)COP(=O)(O)OC1C(O)C(O)C(O)[C@H](O)C1O. The van der Waals surface area contributed by atoms with Gasteiger partial charge in [-0.25, -0.2) is 4.57 Å². The average molecular weight is 911 g/mol. The molecule has 0 spiro atoms. The summed E-state index contributed by atoms with van der Waals surface area (Å²) in [4.78, 5) is 35.7. The molecule has 6 N–H and O–H groups in total. The zero-order valence-corrected chi connectivity index (χ0v) is 39.2. The Kier molecular flexibility index (Phi) is 35.7. The number of aliphatic hydroxyl groups is 5. The van der Waals surface area contributed by atoms with Gasteiger partial charge in [-0.3, -0.25) is 18.6 Å². The van der Waals surface area contributed by atoms with Crippen molar-refractivity contribution >= 4 is 19.8 Å². The average Bonchev–Trinajstić information content (AvgIpc) is 3.26. The second kappa shape index (κ2) is 38.5. The van der Waals surface area contributed by atoms with Crippen molar-refractivity contribution in [3.05, 3.63) is 72.9 Å². The highest BCUT2D eigenvalue weighted by Crippen LogP contribution is 2.47. The van der Waals surface area contributed by atoms with Gasteiger partial charge in [0.1, 0.15) is 43.2 Å². The molecule has 0 saturated heterocycles. The maximum atomic E-state index is 12.8. The highest BCUT2D eigenvalue weighted by Gasteiger charge is 2.51. The summed E-state index contributed by atoms with van der Waals surface area (Å²) in [7, 11) is -5.13. The van der Waals surface area contributed by atoms with Crippen molar-refractivity contribution in [2.75, 3.05) is 13.2 Å². The number of carbonyl (C=O) groups is 2. The summed E-state index contributed by atoms with van der Waals surface area (Å²) in [5, 5.41) is 50.2. The predicted octanol–water partition coefficient (Wildman–Crippen LogP) is 9.50. The lowest BCUT2D eigenvalue weighted by Gasteiger charge is -2.41. The Balaban J connectivity index is 2.41. The second-order valence-electron chi connectivity index (χ2n) is 16.3. The maximum absolute atomic E-state index is 12.8. The van der Waals surface area contributed by atoms with Crippen molar-refractivity contribution < 1.29 is 63.1 Å². The molecular weight excluding hydrogens is 828 g/mol. The molecule has 0 radical (unpaired) electrons. The number of hydrogen-bond acceptors (Lipinski definition) is 12. The van der Waals surface area contributed by atoms with Gasteiger partial charge >= 0.3 is 19.8 Å². The van der Waals surface area contributed by atoms with Crippen LogP contribution in [0, 0.1) is 0 Å². The van der Waals surface area contributed by atoms with E-state index in [0.29, 0.717) is 12.8 Å². The van der Waals surface area contributed by atoms with E-state index >= 15 is 0 Å². The van der Waals surface area contributed by atoms with Crippen molar-refractivity contribution in [3.63, 3.8) is 0 Å². The minimum atomic E-state index is -5.13. The van der Waals surface area contributed by atoms with Gasteiger partial charge in [0.25, 0.3) is 0 Å². The zero-order valence-electron chi connectivity index (χ0n) is 38.3. The zero-order chi connectivity index (χ0) is 46.4. The number of phosphoric ester groups is 1. The molecule has 1 fully saturated rings. The van der Waals surface area contributed by atoms with Crippen LogP contribution in [-0.4, -0.2) is 98.3 Å². The number of hydrogen-bond donors (Lipinski definition) is 6. The fraction of sp³-hybridized carbons (Fsp3) is 0.714. The smallest absolute Gasteiger partial charge is 0.462 e. The third-order valence-electron chi connectivity index (χ3n) is 10.6. The molecule has 63 heavy (non-hydrogen) atoms. The Morgan fingerprint density at radius 2 is 0.937 bits per heavy atom. The largest absolute Gasteiger partial charge is 0.472 e. The van der Waals surface area contributed by atoms with Crippen LogP contribution in [0.5, 0.6) is 0 Å². The van der Waals surface area contributed by atoms with Crippen LogP contribution in [0.15, 0.2) is 72.9 Å². The van der Waals surface area contributed by atoms with Gasteiger partial charge in [-0.15, -0.1) is 0 Å². The number of ether oxygens (including phenoxy) is 2. The minimum Gasteiger partial charge on any atom is -0.462 e. The highest BCUT2D eigenvalue weighted by atomic mass is 31.2. The van der Waals surface area contributed by atoms with Crippen molar-refractivity contribution in [1.82, 2.24) is 0 Å². The van der Waals surface area contributed by atoms with Crippen molar-refractivity contribution in [2.45, 2.75) is 211 Å². The summed E-state index contributed by atoms with van der Waals surface area (Å²) in [5.74, 6) is -1.13. The molecule has 13 nitrogen and oxygen atoms in total. The van der Waals surface area contributed by atoms with Gasteiger partial charge < -0.3 is 39.9 Å². The van der Waals surface area contributed by atoms with E-state index < -0.39 is 75.7 Å². The van der Waals surface area contributed by atoms with Gasteiger partial charge in [0.15, 0.2) is 6.10 Å². The van der Waals surface area contributed by atoms with Crippen LogP contribution in [-0.2, 0) is 32.7 Å². The van der Waals surface area contributed by atoms with E-state index in [2.05, 4.69) is 62.5 Å². The van der Waals surface area contributed by atoms with E-state index in [1.807, 2.05) is 24.3 Å². The molecule has 0 aromatic carbocycles. The third kappa shape index (κ3) is 31.0. The minimum absolute atomic E-state index is 0.0700. The van der Waals surface area contributed by atoms with Gasteiger partial charge in [0.2, 0.25) is 0 Å². The lowest BCUT2D eigenvalue weighted by Crippen LogP contribution is -2.64. The fourth-order valence-corrected chi connectivity index (χ4v) is 7.80. The maximum Gasteiger partial charge on any atom is 0.472 e. The Hall–Kier alpha value is -2.71. The van der Waals surface area contributed by atoms with E-state index in [1.54, 1.807) is 0 Å². The molecule has 0 heterocycles. The first-order chi connectivity index (χ1) is 30.4. The molecule has 1 aliphatic rings. The summed E-state index contributed by atoms with van der Waals surface area (Å²) in [6.07, 6.45) is 35.3. The van der Waals surface area contributed by atoms with E-state index in [4.69, 9.17) is 18.5 Å². The number of rotatable bonds is 38. The molecule has 8 atom stereocenters. The van der Waals surface area contributed by atoms with Crippen LogP contribution < -0.4 is 0 Å². The van der Waals surface area contributed by atoms with Crippen molar-refractivity contribution in [3.8, 4) is 0 Å². The molecule has 0 aliphatic heterocycles. The van der Waals surface area contributed by atoms with Crippen LogP contribution in [0.2, 0.25) is 0 Å². The van der Waals surface area contributed by atoms with E-state index in [9.17, 15) is 44.6 Å². The lowest BCUT2D eigenvalue weighted by atomic mass is 9.85. The molecule has 14 heteroatoms. The topological polar surface area (TPSA) is 210 Å². The fourth-order valence-electron chi connectivity index (χ4n) is 6.83. The van der Waals surface area contributed by atoms with E-state index in [-0.39, 0.29) is 12.8 Å².